The Morgan fingerprint density at radius 2 is 1.83 bits per heavy atom. The van der Waals surface area contributed by atoms with Gasteiger partial charge in [0.15, 0.2) is 0 Å². The second-order valence-electron chi connectivity index (χ2n) is 4.15. The first-order valence-electron chi connectivity index (χ1n) is 5.97. The molecule has 2 N–H and O–H groups in total. The molecule has 0 aliphatic carbocycles. The lowest BCUT2D eigenvalue weighted by Crippen LogP contribution is -1.99. The van der Waals surface area contributed by atoms with Crippen LogP contribution in [0.5, 0.6) is 5.75 Å². The summed E-state index contributed by atoms with van der Waals surface area (Å²) < 4.78 is 6.90. The van der Waals surface area contributed by atoms with Gasteiger partial charge in [0.2, 0.25) is 0 Å². The maximum absolute atomic E-state index is 5.70. The summed E-state index contributed by atoms with van der Waals surface area (Å²) in [7, 11) is 0. The zero-order valence-electron chi connectivity index (χ0n) is 10.1. The Labute approximate surface area is 121 Å². The Morgan fingerprint density at radius 1 is 1.06 bits per heavy atom. The van der Waals surface area contributed by atoms with Gasteiger partial charge in [-0.2, -0.15) is 0 Å². The minimum absolute atomic E-state index is 0.741. The van der Waals surface area contributed by atoms with E-state index in [4.69, 9.17) is 10.5 Å². The molecule has 0 aliphatic rings. The standard InChI is InChI=1S/C15H16INO/c16-13-4-1-5-15(11-13)18-10-2-3-12-6-8-14(17)9-7-12/h1,4-9,11H,2-3,10,17H2. The number of nitrogen functional groups attached to an aromatic ring is 1. The Hall–Kier alpha value is -1.23. The molecule has 0 amide bonds. The molecule has 0 fully saturated rings. The van der Waals surface area contributed by atoms with E-state index in [1.165, 1.54) is 9.13 Å². The SMILES string of the molecule is Nc1ccc(CCCOc2cccc(I)c2)cc1. The normalized spacial score (nSPS) is 10.3. The van der Waals surface area contributed by atoms with Crippen molar-refractivity contribution in [2.75, 3.05) is 12.3 Å². The fourth-order valence-electron chi connectivity index (χ4n) is 1.71. The summed E-state index contributed by atoms with van der Waals surface area (Å²) in [4.78, 5) is 0. The summed E-state index contributed by atoms with van der Waals surface area (Å²) in [5, 5.41) is 0. The van der Waals surface area contributed by atoms with Crippen molar-refractivity contribution in [2.24, 2.45) is 0 Å². The second-order valence-corrected chi connectivity index (χ2v) is 5.40. The first kappa shape index (κ1) is 13.2. The van der Waals surface area contributed by atoms with Crippen molar-refractivity contribution >= 4 is 28.3 Å². The smallest absolute Gasteiger partial charge is 0.120 e. The quantitative estimate of drug-likeness (QED) is 0.503. The molecule has 0 spiro atoms. The van der Waals surface area contributed by atoms with Crippen molar-refractivity contribution in [1.82, 2.24) is 0 Å². The van der Waals surface area contributed by atoms with Crippen LogP contribution in [0.4, 0.5) is 5.69 Å². The van der Waals surface area contributed by atoms with Gasteiger partial charge in [-0.25, -0.2) is 0 Å². The first-order chi connectivity index (χ1) is 8.74. The van der Waals surface area contributed by atoms with E-state index in [2.05, 4.69) is 40.8 Å². The molecule has 0 atom stereocenters. The highest BCUT2D eigenvalue weighted by atomic mass is 127. The van der Waals surface area contributed by atoms with Crippen LogP contribution in [0.25, 0.3) is 0 Å². The van der Waals surface area contributed by atoms with Crippen molar-refractivity contribution in [3.05, 3.63) is 57.7 Å². The molecule has 0 radical (unpaired) electrons. The number of ether oxygens (including phenoxy) is 1. The van der Waals surface area contributed by atoms with Crippen LogP contribution in [0.2, 0.25) is 0 Å². The lowest BCUT2D eigenvalue weighted by atomic mass is 10.1. The molecule has 0 unspecified atom stereocenters. The van der Waals surface area contributed by atoms with E-state index >= 15 is 0 Å². The maximum atomic E-state index is 5.70. The number of halogens is 1. The van der Waals surface area contributed by atoms with Gasteiger partial charge in [0, 0.05) is 9.26 Å². The Bertz CT molecular complexity index is 496. The topological polar surface area (TPSA) is 35.2 Å². The van der Waals surface area contributed by atoms with E-state index in [9.17, 15) is 0 Å². The predicted molar refractivity (Wildman–Crippen MR) is 83.8 cm³/mol. The van der Waals surface area contributed by atoms with Crippen molar-refractivity contribution in [3.8, 4) is 5.75 Å². The average molecular weight is 353 g/mol. The predicted octanol–water partition coefficient (Wildman–Crippen LogP) is 3.89. The van der Waals surface area contributed by atoms with Gasteiger partial charge in [-0.15, -0.1) is 0 Å². The third-order valence-corrected chi connectivity index (χ3v) is 3.33. The fourth-order valence-corrected chi connectivity index (χ4v) is 2.22. The number of rotatable bonds is 5. The highest BCUT2D eigenvalue weighted by molar-refractivity contribution is 14.1. The molecule has 2 nitrogen and oxygen atoms in total. The molecule has 0 bridgehead atoms. The van der Waals surface area contributed by atoms with Crippen LogP contribution in [0.15, 0.2) is 48.5 Å². The molecule has 2 rings (SSSR count). The number of hydrogen-bond donors (Lipinski definition) is 1. The van der Waals surface area contributed by atoms with Crippen molar-refractivity contribution in [2.45, 2.75) is 12.8 Å². The zero-order valence-corrected chi connectivity index (χ0v) is 12.3. The molecule has 0 heterocycles. The zero-order chi connectivity index (χ0) is 12.8. The van der Waals surface area contributed by atoms with Crippen molar-refractivity contribution < 1.29 is 4.74 Å². The fraction of sp³-hybridized carbons (Fsp3) is 0.200. The minimum Gasteiger partial charge on any atom is -0.494 e. The average Bonchev–Trinajstić information content (AvgIpc) is 2.37. The van der Waals surface area contributed by atoms with Crippen LogP contribution in [0, 0.1) is 3.57 Å². The lowest BCUT2D eigenvalue weighted by Gasteiger charge is -2.06. The molecule has 2 aromatic rings. The highest BCUT2D eigenvalue weighted by Gasteiger charge is 1.96. The second kappa shape index (κ2) is 6.64. The van der Waals surface area contributed by atoms with Gasteiger partial charge in [-0.3, -0.25) is 0 Å². The van der Waals surface area contributed by atoms with Crippen LogP contribution in [-0.4, -0.2) is 6.61 Å². The summed E-state index contributed by atoms with van der Waals surface area (Å²) in [5.41, 5.74) is 7.76. The number of aryl methyl sites for hydroxylation is 1. The van der Waals surface area contributed by atoms with Crippen LogP contribution < -0.4 is 10.5 Å². The molecular formula is C15H16INO. The molecule has 0 saturated heterocycles. The molecule has 94 valence electrons. The van der Waals surface area contributed by atoms with Crippen LogP contribution in [0.3, 0.4) is 0 Å². The van der Waals surface area contributed by atoms with E-state index < -0.39 is 0 Å². The third kappa shape index (κ3) is 4.22. The van der Waals surface area contributed by atoms with E-state index in [-0.39, 0.29) is 0 Å². The monoisotopic (exact) mass is 353 g/mol. The summed E-state index contributed by atoms with van der Waals surface area (Å²) in [6, 6.07) is 16.1. The number of nitrogens with two attached hydrogens (primary N) is 1. The Kier molecular flexibility index (Phi) is 4.87. The number of hydrogen-bond acceptors (Lipinski definition) is 2. The summed E-state index contributed by atoms with van der Waals surface area (Å²) in [6.45, 7) is 0.741. The Morgan fingerprint density at radius 3 is 2.56 bits per heavy atom. The van der Waals surface area contributed by atoms with E-state index in [1.54, 1.807) is 0 Å². The number of benzene rings is 2. The lowest BCUT2D eigenvalue weighted by molar-refractivity contribution is 0.311. The van der Waals surface area contributed by atoms with Gasteiger partial charge in [-0.1, -0.05) is 18.2 Å². The van der Waals surface area contributed by atoms with Gasteiger partial charge < -0.3 is 10.5 Å². The summed E-state index contributed by atoms with van der Waals surface area (Å²) in [5.74, 6) is 0.944. The van der Waals surface area contributed by atoms with E-state index in [0.29, 0.717) is 0 Å². The van der Waals surface area contributed by atoms with Gasteiger partial charge in [0.1, 0.15) is 5.75 Å². The Balaban J connectivity index is 1.74. The van der Waals surface area contributed by atoms with Gasteiger partial charge in [0.05, 0.1) is 6.61 Å². The molecule has 3 heteroatoms. The first-order valence-corrected chi connectivity index (χ1v) is 7.05. The molecular weight excluding hydrogens is 337 g/mol. The minimum atomic E-state index is 0.741. The molecule has 18 heavy (non-hydrogen) atoms. The largest absolute Gasteiger partial charge is 0.494 e. The maximum Gasteiger partial charge on any atom is 0.120 e. The van der Waals surface area contributed by atoms with Crippen LogP contribution in [-0.2, 0) is 6.42 Å². The van der Waals surface area contributed by atoms with E-state index in [0.717, 1.165) is 30.9 Å². The highest BCUT2D eigenvalue weighted by Crippen LogP contribution is 2.15. The van der Waals surface area contributed by atoms with Crippen molar-refractivity contribution in [1.29, 1.82) is 0 Å². The molecule has 0 saturated carbocycles. The third-order valence-electron chi connectivity index (χ3n) is 2.65. The van der Waals surface area contributed by atoms with Gasteiger partial charge >= 0.3 is 0 Å². The van der Waals surface area contributed by atoms with Crippen LogP contribution in [0.1, 0.15) is 12.0 Å². The van der Waals surface area contributed by atoms with Crippen LogP contribution >= 0.6 is 22.6 Å². The molecule has 0 aliphatic heterocycles. The van der Waals surface area contributed by atoms with E-state index in [1.807, 2.05) is 30.3 Å². The van der Waals surface area contributed by atoms with Gasteiger partial charge in [-0.05, 0) is 71.3 Å². The molecule has 0 aromatic heterocycles. The van der Waals surface area contributed by atoms with Crippen molar-refractivity contribution in [3.63, 3.8) is 0 Å². The number of anilines is 1. The summed E-state index contributed by atoms with van der Waals surface area (Å²) >= 11 is 2.29. The molecule has 2 aromatic carbocycles. The summed E-state index contributed by atoms with van der Waals surface area (Å²) in [6.07, 6.45) is 2.03. The van der Waals surface area contributed by atoms with Gasteiger partial charge in [0.25, 0.3) is 0 Å².